The molecule has 4 heteroatoms. The van der Waals surface area contributed by atoms with Crippen molar-refractivity contribution in [3.63, 3.8) is 0 Å². The maximum Gasteiger partial charge on any atom is 0.332 e. The van der Waals surface area contributed by atoms with Gasteiger partial charge in [0.2, 0.25) is 0 Å². The molecule has 0 saturated heterocycles. The fraction of sp³-hybridized carbons (Fsp3) is 0.800. The molecular formula is C20H36O4. The number of unbranched alkanes of at least 4 members (excludes halogenated alkanes) is 4. The summed E-state index contributed by atoms with van der Waals surface area (Å²) >= 11 is 0. The van der Waals surface area contributed by atoms with Crippen molar-refractivity contribution >= 4 is 11.9 Å². The average molecular weight is 341 g/mol. The molecule has 0 rings (SSSR count). The molecule has 4 nitrogen and oxygen atoms in total. The summed E-state index contributed by atoms with van der Waals surface area (Å²) in [6.07, 6.45) is 9.02. The number of carboxylic acid groups (broad SMARTS) is 2. The molecule has 0 bridgehead atoms. The number of hydrogen-bond donors (Lipinski definition) is 2. The Balaban J connectivity index is 5.66. The largest absolute Gasteiger partial charge is 0.478 e. The van der Waals surface area contributed by atoms with Gasteiger partial charge < -0.3 is 10.2 Å². The first-order chi connectivity index (χ1) is 11.4. The van der Waals surface area contributed by atoms with E-state index in [-0.39, 0.29) is 23.0 Å². The van der Waals surface area contributed by atoms with E-state index in [9.17, 15) is 19.8 Å². The Bertz CT molecular complexity index is 374. The van der Waals surface area contributed by atoms with E-state index < -0.39 is 11.9 Å². The molecule has 0 amide bonds. The van der Waals surface area contributed by atoms with Gasteiger partial charge in [-0.2, -0.15) is 0 Å². The van der Waals surface area contributed by atoms with Crippen LogP contribution >= 0.6 is 0 Å². The highest BCUT2D eigenvalue weighted by atomic mass is 16.4. The first-order valence-electron chi connectivity index (χ1n) is 9.64. The normalized spacial score (nSPS) is 14.8. The van der Waals surface area contributed by atoms with Crippen molar-refractivity contribution in [1.82, 2.24) is 0 Å². The first-order valence-corrected chi connectivity index (χ1v) is 9.64. The third-order valence-corrected chi connectivity index (χ3v) is 4.87. The zero-order chi connectivity index (χ0) is 18.5. The van der Waals surface area contributed by atoms with Crippen molar-refractivity contribution in [3.8, 4) is 0 Å². The van der Waals surface area contributed by atoms with Crippen molar-refractivity contribution in [2.45, 2.75) is 91.9 Å². The molecule has 0 aliphatic carbocycles. The van der Waals surface area contributed by atoms with Gasteiger partial charge in [-0.05, 0) is 37.5 Å². The molecule has 2 unspecified atom stereocenters. The maximum absolute atomic E-state index is 11.9. The van der Waals surface area contributed by atoms with E-state index >= 15 is 0 Å². The highest BCUT2D eigenvalue weighted by Gasteiger charge is 2.30. The van der Waals surface area contributed by atoms with Crippen LogP contribution in [0.1, 0.15) is 91.9 Å². The second-order valence-corrected chi connectivity index (χ2v) is 6.64. The lowest BCUT2D eigenvalue weighted by Crippen LogP contribution is -2.23. The summed E-state index contributed by atoms with van der Waals surface area (Å²) in [5.41, 5.74) is 0.314. The first kappa shape index (κ1) is 22.7. The van der Waals surface area contributed by atoms with Gasteiger partial charge >= 0.3 is 11.9 Å². The topological polar surface area (TPSA) is 74.6 Å². The lowest BCUT2D eigenvalue weighted by Gasteiger charge is -2.23. The van der Waals surface area contributed by atoms with Gasteiger partial charge in [0, 0.05) is 0 Å². The van der Waals surface area contributed by atoms with E-state index in [1.54, 1.807) is 0 Å². The SMILES string of the molecule is CCCCCC(CC)C(C(=O)O)=C(C(=O)O)C(CC)CCCCC. The van der Waals surface area contributed by atoms with Gasteiger partial charge in [-0.15, -0.1) is 0 Å². The van der Waals surface area contributed by atoms with Crippen LogP contribution in [0.3, 0.4) is 0 Å². The Morgan fingerprint density at radius 1 is 0.667 bits per heavy atom. The summed E-state index contributed by atoms with van der Waals surface area (Å²) in [4.78, 5) is 23.8. The summed E-state index contributed by atoms with van der Waals surface area (Å²) in [5, 5.41) is 19.5. The number of carbonyl (C=O) groups is 2. The minimum atomic E-state index is -1.05. The Morgan fingerprint density at radius 2 is 1.00 bits per heavy atom. The number of rotatable bonds is 14. The molecule has 140 valence electrons. The quantitative estimate of drug-likeness (QED) is 0.316. The second-order valence-electron chi connectivity index (χ2n) is 6.64. The predicted molar refractivity (Wildman–Crippen MR) is 98.1 cm³/mol. The molecule has 0 aromatic carbocycles. The van der Waals surface area contributed by atoms with E-state index in [0.717, 1.165) is 51.4 Å². The Labute approximate surface area is 147 Å². The van der Waals surface area contributed by atoms with Crippen LogP contribution in [0.5, 0.6) is 0 Å². The monoisotopic (exact) mass is 340 g/mol. The van der Waals surface area contributed by atoms with Gasteiger partial charge in [-0.3, -0.25) is 0 Å². The summed E-state index contributed by atoms with van der Waals surface area (Å²) < 4.78 is 0. The number of hydrogen-bond acceptors (Lipinski definition) is 2. The number of aliphatic carboxylic acids is 2. The molecule has 24 heavy (non-hydrogen) atoms. The van der Waals surface area contributed by atoms with Crippen molar-refractivity contribution < 1.29 is 19.8 Å². The van der Waals surface area contributed by atoms with Crippen LogP contribution in [0.25, 0.3) is 0 Å². The molecular weight excluding hydrogens is 304 g/mol. The molecule has 0 spiro atoms. The van der Waals surface area contributed by atoms with Crippen molar-refractivity contribution in [2.75, 3.05) is 0 Å². The van der Waals surface area contributed by atoms with E-state index in [1.165, 1.54) is 0 Å². The summed E-state index contributed by atoms with van der Waals surface area (Å²) in [5.74, 6) is -2.44. The van der Waals surface area contributed by atoms with Crippen LogP contribution in [0.2, 0.25) is 0 Å². The van der Waals surface area contributed by atoms with Gasteiger partial charge in [-0.1, -0.05) is 66.2 Å². The molecule has 0 aliphatic heterocycles. The molecule has 0 heterocycles. The van der Waals surface area contributed by atoms with E-state index in [2.05, 4.69) is 13.8 Å². The van der Waals surface area contributed by atoms with E-state index in [0.29, 0.717) is 12.8 Å². The minimum absolute atomic E-state index is 0.157. The van der Waals surface area contributed by atoms with Crippen molar-refractivity contribution in [3.05, 3.63) is 11.1 Å². The highest BCUT2D eigenvalue weighted by Crippen LogP contribution is 2.32. The van der Waals surface area contributed by atoms with Gasteiger partial charge in [0.1, 0.15) is 0 Å². The fourth-order valence-electron chi connectivity index (χ4n) is 3.41. The van der Waals surface area contributed by atoms with Crippen LogP contribution in [0.4, 0.5) is 0 Å². The van der Waals surface area contributed by atoms with Crippen LogP contribution in [0, 0.1) is 11.8 Å². The van der Waals surface area contributed by atoms with Gasteiger partial charge in [0.15, 0.2) is 0 Å². The average Bonchev–Trinajstić information content (AvgIpc) is 2.54. The Kier molecular flexibility index (Phi) is 12.3. The van der Waals surface area contributed by atoms with Crippen LogP contribution in [-0.2, 0) is 9.59 Å². The molecule has 0 radical (unpaired) electrons. The second kappa shape index (κ2) is 13.0. The fourth-order valence-corrected chi connectivity index (χ4v) is 3.41. The van der Waals surface area contributed by atoms with Crippen LogP contribution in [-0.4, -0.2) is 22.2 Å². The van der Waals surface area contributed by atoms with Crippen molar-refractivity contribution in [1.29, 1.82) is 0 Å². The standard InChI is InChI=1S/C20H36O4/c1-5-9-11-13-15(7-3)17(19(21)22)18(20(23)24)16(8-4)14-12-10-6-2/h15-16H,5-14H2,1-4H3,(H,21,22)(H,23,24). The highest BCUT2D eigenvalue weighted by molar-refractivity contribution is 5.99. The molecule has 0 saturated carbocycles. The molecule has 0 fully saturated rings. The van der Waals surface area contributed by atoms with E-state index in [1.807, 2.05) is 13.8 Å². The molecule has 0 aromatic heterocycles. The maximum atomic E-state index is 11.9. The third kappa shape index (κ3) is 7.50. The van der Waals surface area contributed by atoms with Gasteiger partial charge in [0.25, 0.3) is 0 Å². The summed E-state index contributed by atoms with van der Waals surface area (Å²) in [7, 11) is 0. The number of carboxylic acids is 2. The molecule has 0 aromatic rings. The van der Waals surface area contributed by atoms with E-state index in [4.69, 9.17) is 0 Å². The Hall–Kier alpha value is -1.32. The van der Waals surface area contributed by atoms with Crippen LogP contribution < -0.4 is 0 Å². The predicted octanol–water partition coefficient (Wildman–Crippen LogP) is 5.67. The van der Waals surface area contributed by atoms with Crippen molar-refractivity contribution in [2.24, 2.45) is 11.8 Å². The summed E-state index contributed by atoms with van der Waals surface area (Å²) in [6, 6.07) is 0. The zero-order valence-corrected chi connectivity index (χ0v) is 15.9. The zero-order valence-electron chi connectivity index (χ0n) is 15.9. The van der Waals surface area contributed by atoms with Gasteiger partial charge in [0.05, 0.1) is 11.1 Å². The molecule has 2 N–H and O–H groups in total. The lowest BCUT2D eigenvalue weighted by atomic mass is 9.80. The smallest absolute Gasteiger partial charge is 0.332 e. The lowest BCUT2D eigenvalue weighted by molar-refractivity contribution is -0.137. The Morgan fingerprint density at radius 3 is 1.21 bits per heavy atom. The van der Waals surface area contributed by atoms with Gasteiger partial charge in [-0.25, -0.2) is 9.59 Å². The minimum Gasteiger partial charge on any atom is -0.478 e. The molecule has 2 atom stereocenters. The summed E-state index contributed by atoms with van der Waals surface area (Å²) in [6.45, 7) is 8.13. The van der Waals surface area contributed by atoms with Crippen LogP contribution in [0.15, 0.2) is 11.1 Å². The molecule has 0 aliphatic rings. The third-order valence-electron chi connectivity index (χ3n) is 4.87.